The highest BCUT2D eigenvalue weighted by molar-refractivity contribution is 7.18. The second-order valence-corrected chi connectivity index (χ2v) is 5.69. The van der Waals surface area contributed by atoms with E-state index in [1.165, 1.54) is 4.88 Å². The SMILES string of the molecule is CN(C)Cc1cc2c(N)nc(-c3ccco3)nc2s1. The zero-order valence-electron chi connectivity index (χ0n) is 10.8. The predicted octanol–water partition coefficient (Wildman–Crippen LogP) is 2.60. The summed E-state index contributed by atoms with van der Waals surface area (Å²) < 4.78 is 5.31. The van der Waals surface area contributed by atoms with E-state index in [1.54, 1.807) is 17.6 Å². The number of fused-ring (bicyclic) bond motifs is 1. The van der Waals surface area contributed by atoms with Crippen molar-refractivity contribution in [2.75, 3.05) is 19.8 Å². The lowest BCUT2D eigenvalue weighted by molar-refractivity contribution is 0.406. The highest BCUT2D eigenvalue weighted by Crippen LogP contribution is 2.30. The molecule has 0 aromatic carbocycles. The molecule has 0 fully saturated rings. The van der Waals surface area contributed by atoms with Gasteiger partial charge in [-0.1, -0.05) is 0 Å². The molecule has 0 aliphatic heterocycles. The van der Waals surface area contributed by atoms with Gasteiger partial charge >= 0.3 is 0 Å². The Bertz CT molecular complexity index is 703. The highest BCUT2D eigenvalue weighted by atomic mass is 32.1. The van der Waals surface area contributed by atoms with E-state index in [0.717, 1.165) is 16.8 Å². The molecule has 3 heterocycles. The van der Waals surface area contributed by atoms with Crippen LogP contribution in [0.3, 0.4) is 0 Å². The van der Waals surface area contributed by atoms with E-state index in [1.807, 2.05) is 26.2 Å². The van der Waals surface area contributed by atoms with Crippen LogP contribution in [0.4, 0.5) is 5.82 Å². The van der Waals surface area contributed by atoms with E-state index in [2.05, 4.69) is 20.9 Å². The Morgan fingerprint density at radius 2 is 2.21 bits per heavy atom. The standard InChI is InChI=1S/C13H14N4OS/c1-17(2)7-8-6-9-11(14)15-12(16-13(9)19-8)10-4-3-5-18-10/h3-6H,7H2,1-2H3,(H2,14,15,16). The molecule has 0 saturated heterocycles. The van der Waals surface area contributed by atoms with Crippen LogP contribution in [0.1, 0.15) is 4.88 Å². The summed E-state index contributed by atoms with van der Waals surface area (Å²) in [7, 11) is 4.07. The molecular formula is C13H14N4OS. The molecule has 19 heavy (non-hydrogen) atoms. The molecule has 3 aromatic heterocycles. The number of aromatic nitrogens is 2. The molecule has 0 saturated carbocycles. The summed E-state index contributed by atoms with van der Waals surface area (Å²) in [5.41, 5.74) is 6.01. The monoisotopic (exact) mass is 274 g/mol. The van der Waals surface area contributed by atoms with E-state index in [4.69, 9.17) is 10.2 Å². The van der Waals surface area contributed by atoms with Crippen LogP contribution in [0.25, 0.3) is 21.8 Å². The maximum atomic E-state index is 6.01. The largest absolute Gasteiger partial charge is 0.461 e. The van der Waals surface area contributed by atoms with Gasteiger partial charge in [-0.15, -0.1) is 11.3 Å². The molecule has 0 radical (unpaired) electrons. The van der Waals surface area contributed by atoms with Gasteiger partial charge in [0.2, 0.25) is 0 Å². The lowest BCUT2D eigenvalue weighted by Gasteiger charge is -2.05. The van der Waals surface area contributed by atoms with Crippen molar-refractivity contribution in [3.8, 4) is 11.6 Å². The number of anilines is 1. The zero-order chi connectivity index (χ0) is 13.4. The third-order valence-electron chi connectivity index (χ3n) is 2.69. The highest BCUT2D eigenvalue weighted by Gasteiger charge is 2.12. The molecule has 0 amide bonds. The number of rotatable bonds is 3. The van der Waals surface area contributed by atoms with Crippen molar-refractivity contribution in [3.05, 3.63) is 29.3 Å². The van der Waals surface area contributed by atoms with Crippen LogP contribution >= 0.6 is 11.3 Å². The van der Waals surface area contributed by atoms with E-state index in [-0.39, 0.29) is 0 Å². The lowest BCUT2D eigenvalue weighted by Crippen LogP contribution is -2.09. The number of furan rings is 1. The smallest absolute Gasteiger partial charge is 0.199 e. The Morgan fingerprint density at radius 3 is 2.89 bits per heavy atom. The number of nitrogens with zero attached hydrogens (tertiary/aromatic N) is 3. The molecular weight excluding hydrogens is 260 g/mol. The quantitative estimate of drug-likeness (QED) is 0.795. The first kappa shape index (κ1) is 12.1. The first-order valence-corrected chi connectivity index (χ1v) is 6.69. The average Bonchev–Trinajstić information content (AvgIpc) is 2.95. The fourth-order valence-corrected chi connectivity index (χ4v) is 3.05. The van der Waals surface area contributed by atoms with Crippen LogP contribution in [-0.4, -0.2) is 29.0 Å². The molecule has 0 unspecified atom stereocenters. The van der Waals surface area contributed by atoms with E-state index in [0.29, 0.717) is 17.4 Å². The number of nitrogens with two attached hydrogens (primary N) is 1. The first-order chi connectivity index (χ1) is 9.13. The topological polar surface area (TPSA) is 68.2 Å². The van der Waals surface area contributed by atoms with Gasteiger partial charge in [-0.3, -0.25) is 0 Å². The van der Waals surface area contributed by atoms with Gasteiger partial charge in [0.1, 0.15) is 10.6 Å². The molecule has 0 aliphatic carbocycles. The molecule has 0 atom stereocenters. The summed E-state index contributed by atoms with van der Waals surface area (Å²) in [6.45, 7) is 0.872. The van der Waals surface area contributed by atoms with E-state index >= 15 is 0 Å². The van der Waals surface area contributed by atoms with Gasteiger partial charge in [0.05, 0.1) is 11.6 Å². The zero-order valence-corrected chi connectivity index (χ0v) is 11.6. The van der Waals surface area contributed by atoms with Crippen molar-refractivity contribution in [3.63, 3.8) is 0 Å². The minimum Gasteiger partial charge on any atom is -0.461 e. The predicted molar refractivity (Wildman–Crippen MR) is 76.9 cm³/mol. The minimum atomic E-state index is 0.498. The van der Waals surface area contributed by atoms with Gasteiger partial charge < -0.3 is 15.1 Å². The second-order valence-electron chi connectivity index (χ2n) is 4.58. The number of thiophene rings is 1. The van der Waals surface area contributed by atoms with Crippen LogP contribution in [0.15, 0.2) is 28.9 Å². The first-order valence-electron chi connectivity index (χ1n) is 5.88. The van der Waals surface area contributed by atoms with Crippen LogP contribution in [0, 0.1) is 0 Å². The molecule has 6 heteroatoms. The summed E-state index contributed by atoms with van der Waals surface area (Å²) in [4.78, 5) is 13.1. The van der Waals surface area contributed by atoms with Crippen molar-refractivity contribution in [1.29, 1.82) is 0 Å². The molecule has 0 bridgehead atoms. The minimum absolute atomic E-state index is 0.498. The number of hydrogen-bond acceptors (Lipinski definition) is 6. The molecule has 0 spiro atoms. The summed E-state index contributed by atoms with van der Waals surface area (Å²) in [5, 5.41) is 0.914. The van der Waals surface area contributed by atoms with Crippen LogP contribution in [0.2, 0.25) is 0 Å². The maximum absolute atomic E-state index is 6.01. The second kappa shape index (κ2) is 4.64. The Labute approximate surface area is 114 Å². The third-order valence-corrected chi connectivity index (χ3v) is 3.70. The van der Waals surface area contributed by atoms with Gasteiger partial charge in [0, 0.05) is 11.4 Å². The molecule has 98 valence electrons. The molecule has 2 N–H and O–H groups in total. The number of nitrogen functional groups attached to an aromatic ring is 1. The van der Waals surface area contributed by atoms with Gasteiger partial charge in [0.25, 0.3) is 0 Å². The fraction of sp³-hybridized carbons (Fsp3) is 0.231. The van der Waals surface area contributed by atoms with Gasteiger partial charge in [-0.05, 0) is 32.3 Å². The Balaban J connectivity index is 2.10. The fourth-order valence-electron chi connectivity index (χ4n) is 1.90. The van der Waals surface area contributed by atoms with Crippen molar-refractivity contribution < 1.29 is 4.42 Å². The van der Waals surface area contributed by atoms with E-state index in [9.17, 15) is 0 Å². The van der Waals surface area contributed by atoms with Crippen LogP contribution in [0.5, 0.6) is 0 Å². The van der Waals surface area contributed by atoms with Crippen LogP contribution in [-0.2, 0) is 6.54 Å². The molecule has 3 rings (SSSR count). The summed E-state index contributed by atoms with van der Waals surface area (Å²) >= 11 is 1.64. The van der Waals surface area contributed by atoms with Gasteiger partial charge in [0.15, 0.2) is 11.6 Å². The third kappa shape index (κ3) is 2.32. The average molecular weight is 274 g/mol. The normalized spacial score (nSPS) is 11.5. The van der Waals surface area contributed by atoms with Crippen molar-refractivity contribution >= 4 is 27.4 Å². The summed E-state index contributed by atoms with van der Waals surface area (Å²) in [6, 6.07) is 5.70. The van der Waals surface area contributed by atoms with Gasteiger partial charge in [-0.25, -0.2) is 9.97 Å². The molecule has 5 nitrogen and oxygen atoms in total. The Kier molecular flexibility index (Phi) is 2.96. The van der Waals surface area contributed by atoms with Crippen molar-refractivity contribution in [2.45, 2.75) is 6.54 Å². The number of hydrogen-bond donors (Lipinski definition) is 1. The lowest BCUT2D eigenvalue weighted by atomic mass is 10.3. The van der Waals surface area contributed by atoms with Crippen molar-refractivity contribution in [1.82, 2.24) is 14.9 Å². The Hall–Kier alpha value is -1.92. The van der Waals surface area contributed by atoms with E-state index < -0.39 is 0 Å². The van der Waals surface area contributed by atoms with Crippen LogP contribution < -0.4 is 5.73 Å². The summed E-state index contributed by atoms with van der Waals surface area (Å²) in [5.74, 6) is 1.67. The maximum Gasteiger partial charge on any atom is 0.199 e. The molecule has 0 aliphatic rings. The Morgan fingerprint density at radius 1 is 1.37 bits per heavy atom. The van der Waals surface area contributed by atoms with Gasteiger partial charge in [-0.2, -0.15) is 0 Å². The van der Waals surface area contributed by atoms with Crippen molar-refractivity contribution in [2.24, 2.45) is 0 Å². The summed E-state index contributed by atoms with van der Waals surface area (Å²) in [6.07, 6.45) is 1.60. The molecule has 3 aromatic rings.